The Kier molecular flexibility index (Phi) is 4.65. The van der Waals surface area contributed by atoms with E-state index in [0.29, 0.717) is 16.5 Å². The lowest BCUT2D eigenvalue weighted by atomic mass is 10.1. The monoisotopic (exact) mass is 310 g/mol. The summed E-state index contributed by atoms with van der Waals surface area (Å²) in [6.45, 7) is 4.19. The Morgan fingerprint density at radius 1 is 1.40 bits per heavy atom. The molecule has 106 valence electrons. The highest BCUT2D eigenvalue weighted by atomic mass is 35.5. The number of thiophene rings is 1. The number of hydrogen-bond acceptors (Lipinski definition) is 4. The van der Waals surface area contributed by atoms with E-state index in [9.17, 15) is 4.79 Å². The van der Waals surface area contributed by atoms with Crippen LogP contribution >= 0.6 is 22.9 Å². The van der Waals surface area contributed by atoms with E-state index in [1.165, 1.54) is 11.3 Å². The average Bonchev–Trinajstić information content (AvgIpc) is 2.85. The minimum absolute atomic E-state index is 0.303. The van der Waals surface area contributed by atoms with Gasteiger partial charge < -0.3 is 4.74 Å². The summed E-state index contributed by atoms with van der Waals surface area (Å²) < 4.78 is 5.83. The minimum atomic E-state index is -0.303. The maximum atomic E-state index is 11.6. The first-order chi connectivity index (χ1) is 9.52. The molecule has 20 heavy (non-hydrogen) atoms. The van der Waals surface area contributed by atoms with E-state index in [1.807, 2.05) is 37.4 Å². The van der Waals surface area contributed by atoms with Gasteiger partial charge in [0.1, 0.15) is 12.4 Å². The summed E-state index contributed by atoms with van der Waals surface area (Å²) in [5.74, 6) is 5.64. The number of hydrazine groups is 1. The number of amides is 1. The zero-order valence-corrected chi connectivity index (χ0v) is 12.8. The van der Waals surface area contributed by atoms with Crippen molar-refractivity contribution >= 4 is 28.8 Å². The van der Waals surface area contributed by atoms with E-state index >= 15 is 0 Å². The van der Waals surface area contributed by atoms with Crippen LogP contribution in [0.3, 0.4) is 0 Å². The first-order valence-electron chi connectivity index (χ1n) is 5.99. The molecule has 0 aliphatic heterocycles. The average molecular weight is 311 g/mol. The van der Waals surface area contributed by atoms with Crippen LogP contribution in [-0.2, 0) is 6.61 Å². The van der Waals surface area contributed by atoms with Crippen molar-refractivity contribution in [2.24, 2.45) is 5.84 Å². The van der Waals surface area contributed by atoms with Gasteiger partial charge in [0, 0.05) is 10.6 Å². The van der Waals surface area contributed by atoms with E-state index in [0.717, 1.165) is 22.4 Å². The molecule has 0 saturated heterocycles. The topological polar surface area (TPSA) is 64.3 Å². The second kappa shape index (κ2) is 6.26. The number of ether oxygens (including phenoxy) is 1. The van der Waals surface area contributed by atoms with Crippen molar-refractivity contribution in [1.82, 2.24) is 5.43 Å². The van der Waals surface area contributed by atoms with Crippen molar-refractivity contribution in [3.63, 3.8) is 0 Å². The molecule has 2 rings (SSSR count). The smallest absolute Gasteiger partial charge is 0.275 e. The Labute approximate surface area is 126 Å². The Balaban J connectivity index is 2.18. The summed E-state index contributed by atoms with van der Waals surface area (Å²) in [5.41, 5.74) is 4.88. The van der Waals surface area contributed by atoms with Crippen LogP contribution in [0.15, 0.2) is 23.6 Å². The first-order valence-corrected chi connectivity index (χ1v) is 7.25. The van der Waals surface area contributed by atoms with Gasteiger partial charge in [-0.15, -0.1) is 11.3 Å². The highest BCUT2D eigenvalue weighted by Crippen LogP contribution is 2.28. The van der Waals surface area contributed by atoms with Crippen molar-refractivity contribution in [2.75, 3.05) is 0 Å². The third kappa shape index (κ3) is 3.12. The summed E-state index contributed by atoms with van der Waals surface area (Å²) >= 11 is 7.32. The van der Waals surface area contributed by atoms with Crippen LogP contribution in [0.5, 0.6) is 5.75 Å². The Bertz CT molecular complexity index is 617. The molecule has 0 unspecified atom stereocenters. The predicted octanol–water partition coefficient (Wildman–Crippen LogP) is 3.20. The van der Waals surface area contributed by atoms with Gasteiger partial charge in [-0.3, -0.25) is 10.2 Å². The molecule has 1 aromatic carbocycles. The van der Waals surface area contributed by atoms with Crippen molar-refractivity contribution in [3.8, 4) is 5.75 Å². The largest absolute Gasteiger partial charge is 0.488 e. The van der Waals surface area contributed by atoms with E-state index in [1.54, 1.807) is 0 Å². The third-order valence-corrected chi connectivity index (χ3v) is 4.05. The van der Waals surface area contributed by atoms with Gasteiger partial charge in [0.2, 0.25) is 0 Å². The van der Waals surface area contributed by atoms with Crippen molar-refractivity contribution < 1.29 is 9.53 Å². The second-order valence-electron chi connectivity index (χ2n) is 4.41. The maximum absolute atomic E-state index is 11.6. The quantitative estimate of drug-likeness (QED) is 0.518. The molecule has 0 spiro atoms. The fraction of sp³-hybridized carbons (Fsp3) is 0.214. The number of nitrogens with two attached hydrogens (primary N) is 1. The van der Waals surface area contributed by atoms with Gasteiger partial charge >= 0.3 is 0 Å². The normalized spacial score (nSPS) is 10.4. The molecule has 1 aromatic heterocycles. The lowest BCUT2D eigenvalue weighted by Gasteiger charge is -2.12. The molecule has 0 fully saturated rings. The van der Waals surface area contributed by atoms with E-state index < -0.39 is 0 Å². The van der Waals surface area contributed by atoms with Crippen molar-refractivity contribution in [1.29, 1.82) is 0 Å². The van der Waals surface area contributed by atoms with Gasteiger partial charge in [-0.2, -0.15) is 0 Å². The number of carbonyl (C=O) groups excluding carboxylic acids is 1. The van der Waals surface area contributed by atoms with Crippen LogP contribution < -0.4 is 16.0 Å². The standard InChI is InChI=1S/C14H15ClN2O2S/c1-8-5-11(15)6-9(2)12(8)19-7-10-3-4-20-13(10)14(18)17-16/h3-6H,7,16H2,1-2H3,(H,17,18). The number of hydrogen-bond donors (Lipinski definition) is 2. The molecule has 4 nitrogen and oxygen atoms in total. The Morgan fingerprint density at radius 3 is 2.65 bits per heavy atom. The van der Waals surface area contributed by atoms with Gasteiger partial charge in [0.05, 0.1) is 4.88 Å². The fourth-order valence-corrected chi connectivity index (χ4v) is 3.13. The van der Waals surface area contributed by atoms with E-state index in [2.05, 4.69) is 5.43 Å². The lowest BCUT2D eigenvalue weighted by Crippen LogP contribution is -2.30. The zero-order valence-electron chi connectivity index (χ0n) is 11.2. The number of nitrogen functional groups attached to an aromatic ring is 1. The number of rotatable bonds is 4. The number of benzene rings is 1. The highest BCUT2D eigenvalue weighted by molar-refractivity contribution is 7.12. The van der Waals surface area contributed by atoms with Gasteiger partial charge in [0.15, 0.2) is 0 Å². The molecule has 0 saturated carbocycles. The molecule has 2 aromatic rings. The van der Waals surface area contributed by atoms with Crippen LogP contribution in [0.4, 0.5) is 0 Å². The minimum Gasteiger partial charge on any atom is -0.488 e. The third-order valence-electron chi connectivity index (χ3n) is 2.88. The summed E-state index contributed by atoms with van der Waals surface area (Å²) in [4.78, 5) is 12.2. The van der Waals surface area contributed by atoms with Crippen LogP contribution in [0.2, 0.25) is 5.02 Å². The maximum Gasteiger partial charge on any atom is 0.275 e. The van der Waals surface area contributed by atoms with Crippen LogP contribution in [0.1, 0.15) is 26.4 Å². The van der Waals surface area contributed by atoms with Gasteiger partial charge in [-0.25, -0.2) is 5.84 Å². The van der Waals surface area contributed by atoms with E-state index in [-0.39, 0.29) is 5.91 Å². The number of aryl methyl sites for hydroxylation is 2. The number of nitrogens with one attached hydrogen (secondary N) is 1. The molecule has 0 aliphatic carbocycles. The second-order valence-corrected chi connectivity index (χ2v) is 5.76. The van der Waals surface area contributed by atoms with E-state index in [4.69, 9.17) is 22.2 Å². The molecule has 0 aliphatic rings. The summed E-state index contributed by atoms with van der Waals surface area (Å²) in [7, 11) is 0. The molecule has 0 atom stereocenters. The van der Waals surface area contributed by atoms with Crippen LogP contribution in [0, 0.1) is 13.8 Å². The van der Waals surface area contributed by atoms with Gasteiger partial charge in [0.25, 0.3) is 5.91 Å². The first kappa shape index (κ1) is 14.8. The summed E-state index contributed by atoms with van der Waals surface area (Å²) in [6.07, 6.45) is 0. The van der Waals surface area contributed by atoms with Crippen LogP contribution in [0.25, 0.3) is 0 Å². The number of carbonyl (C=O) groups is 1. The van der Waals surface area contributed by atoms with Gasteiger partial charge in [-0.1, -0.05) is 11.6 Å². The summed E-state index contributed by atoms with van der Waals surface area (Å²) in [6, 6.07) is 5.56. The molecule has 0 radical (unpaired) electrons. The zero-order chi connectivity index (χ0) is 14.7. The molecule has 1 heterocycles. The molecular weight excluding hydrogens is 296 g/mol. The van der Waals surface area contributed by atoms with Crippen molar-refractivity contribution in [2.45, 2.75) is 20.5 Å². The number of halogens is 1. The summed E-state index contributed by atoms with van der Waals surface area (Å²) in [5, 5.41) is 2.52. The van der Waals surface area contributed by atoms with Gasteiger partial charge in [-0.05, 0) is 48.6 Å². The Hall–Kier alpha value is -1.56. The molecular formula is C14H15ClN2O2S. The molecule has 1 amide bonds. The lowest BCUT2D eigenvalue weighted by molar-refractivity contribution is 0.0955. The van der Waals surface area contributed by atoms with Crippen LogP contribution in [-0.4, -0.2) is 5.91 Å². The van der Waals surface area contributed by atoms with Crippen molar-refractivity contribution in [3.05, 3.63) is 50.2 Å². The highest BCUT2D eigenvalue weighted by Gasteiger charge is 2.13. The molecule has 6 heteroatoms. The Morgan fingerprint density at radius 2 is 2.05 bits per heavy atom. The molecule has 0 bridgehead atoms. The fourth-order valence-electron chi connectivity index (χ4n) is 1.99. The SMILES string of the molecule is Cc1cc(Cl)cc(C)c1OCc1ccsc1C(=O)NN. The predicted molar refractivity (Wildman–Crippen MR) is 81.2 cm³/mol. The molecule has 3 N–H and O–H groups in total.